The van der Waals surface area contributed by atoms with E-state index in [1.54, 1.807) is 0 Å². The average Bonchev–Trinajstić information content (AvgIpc) is 3.20. The number of carbonyl (C=O) groups is 1. The number of para-hydroxylation sites is 1. The second-order valence-electron chi connectivity index (χ2n) is 5.04. The van der Waals surface area contributed by atoms with E-state index < -0.39 is 0 Å². The third-order valence-corrected chi connectivity index (χ3v) is 3.27. The number of hydrogen-bond acceptors (Lipinski definition) is 3. The Morgan fingerprint density at radius 1 is 1.37 bits per heavy atom. The quantitative estimate of drug-likeness (QED) is 0.881. The molecule has 2 N–H and O–H groups in total. The summed E-state index contributed by atoms with van der Waals surface area (Å²) in [5.41, 5.74) is 2.00. The third-order valence-electron chi connectivity index (χ3n) is 3.27. The number of carbonyl (C=O) groups excluding carboxylic acids is 1. The van der Waals surface area contributed by atoms with Crippen molar-refractivity contribution >= 4 is 22.6 Å². The van der Waals surface area contributed by atoms with Gasteiger partial charge in [0, 0.05) is 11.4 Å². The molecule has 1 heterocycles. The highest BCUT2D eigenvalue weighted by Crippen LogP contribution is 2.20. The topological polar surface area (TPSA) is 54.0 Å². The van der Waals surface area contributed by atoms with E-state index in [2.05, 4.69) is 21.7 Å². The molecule has 3 rings (SSSR count). The predicted octanol–water partition coefficient (Wildman–Crippen LogP) is 2.23. The molecule has 0 spiro atoms. The molecule has 1 fully saturated rings. The number of aryl methyl sites for hydroxylation is 1. The number of aromatic nitrogens is 1. The maximum atomic E-state index is 11.6. The minimum absolute atomic E-state index is 0.0388. The molecule has 1 aliphatic rings. The number of amides is 1. The van der Waals surface area contributed by atoms with Gasteiger partial charge in [-0.15, -0.1) is 0 Å². The summed E-state index contributed by atoms with van der Waals surface area (Å²) in [6, 6.07) is 10.5. The Hall–Kier alpha value is -2.10. The number of anilines is 1. The number of nitrogens with zero attached hydrogens (tertiary/aromatic N) is 1. The van der Waals surface area contributed by atoms with Gasteiger partial charge in [-0.2, -0.15) is 0 Å². The zero-order valence-corrected chi connectivity index (χ0v) is 10.9. The fraction of sp³-hybridized carbons (Fsp3) is 0.333. The van der Waals surface area contributed by atoms with E-state index >= 15 is 0 Å². The molecule has 1 aliphatic carbocycles. The maximum absolute atomic E-state index is 11.6. The van der Waals surface area contributed by atoms with Gasteiger partial charge in [0.15, 0.2) is 0 Å². The lowest BCUT2D eigenvalue weighted by molar-refractivity contribution is -0.119. The Balaban J connectivity index is 1.72. The minimum atomic E-state index is 0.0388. The van der Waals surface area contributed by atoms with Crippen molar-refractivity contribution in [3.05, 3.63) is 35.9 Å². The number of benzene rings is 1. The lowest BCUT2D eigenvalue weighted by Crippen LogP contribution is -2.31. The molecule has 1 aromatic carbocycles. The zero-order chi connectivity index (χ0) is 13.2. The van der Waals surface area contributed by atoms with E-state index in [1.165, 1.54) is 0 Å². The molecular formula is C15H17N3O. The van der Waals surface area contributed by atoms with Crippen LogP contribution in [0.25, 0.3) is 10.9 Å². The molecule has 0 atom stereocenters. The first-order chi connectivity index (χ1) is 9.22. The van der Waals surface area contributed by atoms with Crippen molar-refractivity contribution in [2.45, 2.75) is 25.8 Å². The summed E-state index contributed by atoms with van der Waals surface area (Å²) in [6.07, 6.45) is 2.22. The van der Waals surface area contributed by atoms with Gasteiger partial charge in [0.05, 0.1) is 12.1 Å². The minimum Gasteiger partial charge on any atom is -0.361 e. The van der Waals surface area contributed by atoms with Crippen molar-refractivity contribution in [1.29, 1.82) is 0 Å². The highest BCUT2D eigenvalue weighted by Gasteiger charge is 2.22. The largest absolute Gasteiger partial charge is 0.361 e. The lowest BCUT2D eigenvalue weighted by Gasteiger charge is -2.10. The fourth-order valence-electron chi connectivity index (χ4n) is 2.07. The number of hydrogen-bond donors (Lipinski definition) is 2. The van der Waals surface area contributed by atoms with Crippen molar-refractivity contribution in [1.82, 2.24) is 10.3 Å². The molecule has 1 aromatic heterocycles. The lowest BCUT2D eigenvalue weighted by atomic mass is 10.1. The van der Waals surface area contributed by atoms with Gasteiger partial charge in [-0.1, -0.05) is 18.2 Å². The van der Waals surface area contributed by atoms with Crippen LogP contribution in [0.1, 0.15) is 18.4 Å². The van der Waals surface area contributed by atoms with Crippen LogP contribution in [0.4, 0.5) is 5.82 Å². The van der Waals surface area contributed by atoms with Crippen LogP contribution in [0.5, 0.6) is 0 Å². The van der Waals surface area contributed by atoms with Gasteiger partial charge in [0.25, 0.3) is 0 Å². The Morgan fingerprint density at radius 3 is 2.95 bits per heavy atom. The van der Waals surface area contributed by atoms with Gasteiger partial charge in [-0.25, -0.2) is 4.98 Å². The predicted molar refractivity (Wildman–Crippen MR) is 76.1 cm³/mol. The fourth-order valence-corrected chi connectivity index (χ4v) is 2.07. The molecule has 0 unspecified atom stereocenters. The number of nitrogens with one attached hydrogen (secondary N) is 2. The first-order valence-electron chi connectivity index (χ1n) is 6.62. The van der Waals surface area contributed by atoms with Crippen LogP contribution in [0.3, 0.4) is 0 Å². The van der Waals surface area contributed by atoms with Gasteiger partial charge in [0.1, 0.15) is 5.82 Å². The molecule has 0 bridgehead atoms. The normalized spacial score (nSPS) is 14.4. The summed E-state index contributed by atoms with van der Waals surface area (Å²) in [6.45, 7) is 2.28. The second-order valence-corrected chi connectivity index (χ2v) is 5.04. The van der Waals surface area contributed by atoms with Crippen LogP contribution in [-0.4, -0.2) is 23.5 Å². The highest BCUT2D eigenvalue weighted by molar-refractivity contribution is 5.84. The average molecular weight is 255 g/mol. The van der Waals surface area contributed by atoms with Crippen molar-refractivity contribution in [3.63, 3.8) is 0 Å². The van der Waals surface area contributed by atoms with E-state index in [4.69, 9.17) is 0 Å². The molecule has 1 amide bonds. The molecule has 98 valence electrons. The summed E-state index contributed by atoms with van der Waals surface area (Å²) < 4.78 is 0. The van der Waals surface area contributed by atoms with Gasteiger partial charge >= 0.3 is 0 Å². The van der Waals surface area contributed by atoms with Crippen LogP contribution in [-0.2, 0) is 4.79 Å². The summed E-state index contributed by atoms with van der Waals surface area (Å²) in [5.74, 6) is 0.821. The smallest absolute Gasteiger partial charge is 0.239 e. The van der Waals surface area contributed by atoms with E-state index in [0.717, 1.165) is 35.1 Å². The zero-order valence-electron chi connectivity index (χ0n) is 10.9. The van der Waals surface area contributed by atoms with Crippen LogP contribution in [0.2, 0.25) is 0 Å². The Morgan fingerprint density at radius 2 is 2.16 bits per heavy atom. The molecule has 2 aromatic rings. The van der Waals surface area contributed by atoms with Crippen molar-refractivity contribution in [2.75, 3.05) is 11.9 Å². The molecule has 1 saturated carbocycles. The summed E-state index contributed by atoms with van der Waals surface area (Å²) in [7, 11) is 0. The molecule has 0 saturated heterocycles. The van der Waals surface area contributed by atoms with Gasteiger partial charge in [-0.05, 0) is 37.5 Å². The van der Waals surface area contributed by atoms with Gasteiger partial charge in [-0.3, -0.25) is 4.79 Å². The van der Waals surface area contributed by atoms with Crippen molar-refractivity contribution in [3.8, 4) is 0 Å². The van der Waals surface area contributed by atoms with E-state index in [-0.39, 0.29) is 12.5 Å². The molecule has 19 heavy (non-hydrogen) atoms. The van der Waals surface area contributed by atoms with Gasteiger partial charge in [0.2, 0.25) is 5.91 Å². The SMILES string of the molecule is Cc1cc2ccccc2nc1NCC(=O)NC1CC1. The summed E-state index contributed by atoms with van der Waals surface area (Å²) in [5, 5.41) is 7.18. The van der Waals surface area contributed by atoms with E-state index in [0.29, 0.717) is 6.04 Å². The number of rotatable bonds is 4. The first-order valence-corrected chi connectivity index (χ1v) is 6.62. The Labute approximate surface area is 112 Å². The highest BCUT2D eigenvalue weighted by atomic mass is 16.2. The first kappa shape index (κ1) is 12.0. The summed E-state index contributed by atoms with van der Waals surface area (Å²) >= 11 is 0. The van der Waals surface area contributed by atoms with Crippen molar-refractivity contribution < 1.29 is 4.79 Å². The molecule has 4 nitrogen and oxygen atoms in total. The van der Waals surface area contributed by atoms with Crippen molar-refractivity contribution in [2.24, 2.45) is 0 Å². The van der Waals surface area contributed by atoms with Crippen LogP contribution < -0.4 is 10.6 Å². The van der Waals surface area contributed by atoms with E-state index in [9.17, 15) is 4.79 Å². The Bertz CT molecular complexity index is 620. The third kappa shape index (κ3) is 2.84. The molecular weight excluding hydrogens is 238 g/mol. The van der Waals surface area contributed by atoms with Crippen LogP contribution in [0, 0.1) is 6.92 Å². The molecule has 4 heteroatoms. The van der Waals surface area contributed by atoms with Crippen LogP contribution in [0.15, 0.2) is 30.3 Å². The second kappa shape index (κ2) is 4.88. The number of pyridine rings is 1. The monoisotopic (exact) mass is 255 g/mol. The van der Waals surface area contributed by atoms with E-state index in [1.807, 2.05) is 31.2 Å². The standard InChI is InChI=1S/C15H17N3O/c1-10-8-11-4-2-3-5-13(11)18-15(10)16-9-14(19)17-12-6-7-12/h2-5,8,12H,6-7,9H2,1H3,(H,16,18)(H,17,19). The van der Waals surface area contributed by atoms with Gasteiger partial charge < -0.3 is 10.6 Å². The molecule has 0 aliphatic heterocycles. The summed E-state index contributed by atoms with van der Waals surface area (Å²) in [4.78, 5) is 16.2. The maximum Gasteiger partial charge on any atom is 0.239 e. The molecule has 0 radical (unpaired) electrons. The van der Waals surface area contributed by atoms with Crippen LogP contribution >= 0.6 is 0 Å². The number of fused-ring (bicyclic) bond motifs is 1. The Kier molecular flexibility index (Phi) is 3.07.